The van der Waals surface area contributed by atoms with Gasteiger partial charge in [-0.15, -0.1) is 0 Å². The number of hydrogen-bond donors (Lipinski definition) is 1. The van der Waals surface area contributed by atoms with E-state index < -0.39 is 6.10 Å². The van der Waals surface area contributed by atoms with Crippen LogP contribution < -0.4 is 0 Å². The minimum atomic E-state index is -0.519. The molecule has 0 spiro atoms. The molecule has 0 aliphatic carbocycles. The summed E-state index contributed by atoms with van der Waals surface area (Å²) < 4.78 is 13.1. The van der Waals surface area contributed by atoms with E-state index in [4.69, 9.17) is 0 Å². The first-order chi connectivity index (χ1) is 13.7. The van der Waals surface area contributed by atoms with E-state index in [2.05, 4.69) is 35.2 Å². The first-order valence-corrected chi connectivity index (χ1v) is 9.70. The van der Waals surface area contributed by atoms with Crippen molar-refractivity contribution in [2.24, 2.45) is 0 Å². The lowest BCUT2D eigenvalue weighted by molar-refractivity contribution is 0.119. The Kier molecular flexibility index (Phi) is 5.65. The fourth-order valence-electron chi connectivity index (χ4n) is 3.68. The van der Waals surface area contributed by atoms with E-state index in [0.29, 0.717) is 6.54 Å². The maximum atomic E-state index is 13.1. The normalized spacial score (nSPS) is 15.9. The summed E-state index contributed by atoms with van der Waals surface area (Å²) in [6, 6.07) is 24.8. The fraction of sp³-hybridized carbons (Fsp3) is 0.200. The number of aliphatic hydroxyl groups is 1. The van der Waals surface area contributed by atoms with Gasteiger partial charge in [0.25, 0.3) is 0 Å². The summed E-state index contributed by atoms with van der Waals surface area (Å²) in [6.07, 6.45) is 2.75. The number of aliphatic hydroxyl groups excluding tert-OH is 1. The van der Waals surface area contributed by atoms with Crippen LogP contribution in [0.1, 0.15) is 23.7 Å². The third kappa shape index (κ3) is 4.38. The molecular formula is C25H24FNO. The highest BCUT2D eigenvalue weighted by Crippen LogP contribution is 2.25. The Morgan fingerprint density at radius 1 is 0.821 bits per heavy atom. The molecule has 0 saturated heterocycles. The first-order valence-electron chi connectivity index (χ1n) is 9.70. The van der Waals surface area contributed by atoms with Crippen LogP contribution in [0.2, 0.25) is 0 Å². The second kappa shape index (κ2) is 8.51. The Balaban J connectivity index is 1.37. The molecule has 1 heterocycles. The Bertz CT molecular complexity index is 933. The zero-order chi connectivity index (χ0) is 19.3. The van der Waals surface area contributed by atoms with Crippen LogP contribution in [0.25, 0.3) is 16.7 Å². The van der Waals surface area contributed by atoms with Gasteiger partial charge >= 0.3 is 0 Å². The van der Waals surface area contributed by atoms with Gasteiger partial charge in [-0.1, -0.05) is 72.8 Å². The highest BCUT2D eigenvalue weighted by molar-refractivity contribution is 5.66. The molecule has 2 nitrogen and oxygen atoms in total. The van der Waals surface area contributed by atoms with Gasteiger partial charge in [0.15, 0.2) is 0 Å². The molecule has 0 radical (unpaired) electrons. The fourth-order valence-corrected chi connectivity index (χ4v) is 3.68. The van der Waals surface area contributed by atoms with Gasteiger partial charge in [-0.25, -0.2) is 4.39 Å². The standard InChI is InChI=1S/C25H24FNO/c26-24-12-10-21(11-13-24)20-6-8-23(9-7-20)25(28)18-27-16-14-22(15-17-27)19-4-2-1-3-5-19/h1-14,25,28H,15-18H2. The molecule has 0 bridgehead atoms. The molecule has 0 fully saturated rings. The SMILES string of the molecule is OC(CN1CC=C(c2ccccc2)CC1)c1ccc(-c2ccc(F)cc2)cc1. The molecule has 1 aliphatic rings. The summed E-state index contributed by atoms with van der Waals surface area (Å²) in [5.74, 6) is -0.234. The zero-order valence-electron chi connectivity index (χ0n) is 15.8. The average molecular weight is 373 g/mol. The van der Waals surface area contributed by atoms with Gasteiger partial charge < -0.3 is 5.11 Å². The predicted molar refractivity (Wildman–Crippen MR) is 112 cm³/mol. The highest BCUT2D eigenvalue weighted by atomic mass is 19.1. The molecule has 1 unspecified atom stereocenters. The van der Waals surface area contributed by atoms with E-state index in [9.17, 15) is 9.50 Å². The van der Waals surface area contributed by atoms with E-state index in [1.807, 2.05) is 30.3 Å². The second-order valence-electron chi connectivity index (χ2n) is 7.25. The van der Waals surface area contributed by atoms with Crippen LogP contribution in [0, 0.1) is 5.82 Å². The Hall–Kier alpha value is -2.75. The average Bonchev–Trinajstić information content (AvgIpc) is 2.75. The molecule has 0 aromatic heterocycles. The molecule has 3 aromatic carbocycles. The van der Waals surface area contributed by atoms with Crippen molar-refractivity contribution in [1.82, 2.24) is 4.90 Å². The number of rotatable bonds is 5. The lowest BCUT2D eigenvalue weighted by Gasteiger charge is -2.28. The molecule has 3 heteroatoms. The molecule has 1 N–H and O–H groups in total. The lowest BCUT2D eigenvalue weighted by atomic mass is 9.98. The van der Waals surface area contributed by atoms with Gasteiger partial charge in [-0.3, -0.25) is 4.90 Å². The van der Waals surface area contributed by atoms with Crippen molar-refractivity contribution in [3.63, 3.8) is 0 Å². The molecule has 28 heavy (non-hydrogen) atoms. The molecule has 4 rings (SSSR count). The largest absolute Gasteiger partial charge is 0.387 e. The van der Waals surface area contributed by atoms with Crippen LogP contribution >= 0.6 is 0 Å². The summed E-state index contributed by atoms with van der Waals surface area (Å²) in [4.78, 5) is 2.28. The van der Waals surface area contributed by atoms with Crippen molar-refractivity contribution < 1.29 is 9.50 Å². The highest BCUT2D eigenvalue weighted by Gasteiger charge is 2.17. The predicted octanol–water partition coefficient (Wildman–Crippen LogP) is 5.32. The molecule has 0 amide bonds. The van der Waals surface area contributed by atoms with Crippen LogP contribution in [0.4, 0.5) is 4.39 Å². The number of β-amino-alcohol motifs (C(OH)–C–C–N with tert-alkyl or cyclic N) is 1. The van der Waals surface area contributed by atoms with Gasteiger partial charge in [0.05, 0.1) is 6.10 Å². The minimum absolute atomic E-state index is 0.234. The van der Waals surface area contributed by atoms with E-state index >= 15 is 0 Å². The number of halogens is 1. The Labute approximate surface area is 165 Å². The monoisotopic (exact) mass is 373 g/mol. The molecule has 0 saturated carbocycles. The van der Waals surface area contributed by atoms with Gasteiger partial charge in [-0.05, 0) is 46.4 Å². The van der Waals surface area contributed by atoms with Crippen molar-refractivity contribution in [2.45, 2.75) is 12.5 Å². The van der Waals surface area contributed by atoms with Gasteiger partial charge in [-0.2, -0.15) is 0 Å². The maximum absolute atomic E-state index is 13.1. The summed E-state index contributed by atoms with van der Waals surface area (Å²) in [6.45, 7) is 2.43. The smallest absolute Gasteiger partial charge is 0.123 e. The third-order valence-corrected chi connectivity index (χ3v) is 5.34. The molecule has 1 aliphatic heterocycles. The van der Waals surface area contributed by atoms with E-state index in [0.717, 1.165) is 36.2 Å². The first kappa shape index (κ1) is 18.6. The molecule has 142 valence electrons. The van der Waals surface area contributed by atoms with Crippen LogP contribution in [0.5, 0.6) is 0 Å². The van der Waals surface area contributed by atoms with Crippen molar-refractivity contribution in [3.8, 4) is 11.1 Å². The van der Waals surface area contributed by atoms with E-state index in [1.165, 1.54) is 23.3 Å². The molecular weight excluding hydrogens is 349 g/mol. The minimum Gasteiger partial charge on any atom is -0.387 e. The summed E-state index contributed by atoms with van der Waals surface area (Å²) in [7, 11) is 0. The summed E-state index contributed by atoms with van der Waals surface area (Å²) in [5.41, 5.74) is 5.57. The number of hydrogen-bond acceptors (Lipinski definition) is 2. The number of nitrogens with zero attached hydrogens (tertiary/aromatic N) is 1. The van der Waals surface area contributed by atoms with Gasteiger partial charge in [0.1, 0.15) is 5.82 Å². The second-order valence-corrected chi connectivity index (χ2v) is 7.25. The van der Waals surface area contributed by atoms with Crippen LogP contribution in [0.15, 0.2) is 84.9 Å². The Morgan fingerprint density at radius 2 is 1.46 bits per heavy atom. The number of benzene rings is 3. The van der Waals surface area contributed by atoms with Crippen molar-refractivity contribution >= 4 is 5.57 Å². The maximum Gasteiger partial charge on any atom is 0.123 e. The lowest BCUT2D eigenvalue weighted by Crippen LogP contribution is -2.32. The molecule has 1 atom stereocenters. The third-order valence-electron chi connectivity index (χ3n) is 5.34. The van der Waals surface area contributed by atoms with Crippen LogP contribution in [0.3, 0.4) is 0 Å². The van der Waals surface area contributed by atoms with Crippen molar-refractivity contribution in [1.29, 1.82) is 0 Å². The zero-order valence-corrected chi connectivity index (χ0v) is 15.8. The summed E-state index contributed by atoms with van der Waals surface area (Å²) >= 11 is 0. The Morgan fingerprint density at radius 3 is 2.07 bits per heavy atom. The van der Waals surface area contributed by atoms with Gasteiger partial charge in [0.2, 0.25) is 0 Å². The van der Waals surface area contributed by atoms with Crippen LogP contribution in [-0.4, -0.2) is 29.6 Å². The van der Waals surface area contributed by atoms with E-state index in [1.54, 1.807) is 12.1 Å². The van der Waals surface area contributed by atoms with Crippen molar-refractivity contribution in [2.75, 3.05) is 19.6 Å². The van der Waals surface area contributed by atoms with E-state index in [-0.39, 0.29) is 5.82 Å². The van der Waals surface area contributed by atoms with Gasteiger partial charge in [0, 0.05) is 19.6 Å². The quantitative estimate of drug-likeness (QED) is 0.655. The molecule has 3 aromatic rings. The topological polar surface area (TPSA) is 23.5 Å². The van der Waals surface area contributed by atoms with Crippen LogP contribution in [-0.2, 0) is 0 Å². The van der Waals surface area contributed by atoms with Crippen molar-refractivity contribution in [3.05, 3.63) is 102 Å². The summed E-state index contributed by atoms with van der Waals surface area (Å²) in [5, 5.41) is 10.6.